The van der Waals surface area contributed by atoms with E-state index in [1.165, 1.54) is 4.57 Å². The number of ketones is 1. The van der Waals surface area contributed by atoms with Crippen molar-refractivity contribution in [2.75, 3.05) is 0 Å². The van der Waals surface area contributed by atoms with Crippen molar-refractivity contribution in [2.24, 2.45) is 0 Å². The first-order valence-corrected chi connectivity index (χ1v) is 10.3. The van der Waals surface area contributed by atoms with Crippen molar-refractivity contribution in [3.8, 4) is 0 Å². The van der Waals surface area contributed by atoms with E-state index in [2.05, 4.69) is 0 Å². The first kappa shape index (κ1) is 21.7. The van der Waals surface area contributed by atoms with Gasteiger partial charge in [-0.05, 0) is 41.3 Å². The standard InChI is InChI=1S/C26H23F2NO3/c1-26(2,3)16-8-11-21-19(13-16)23(18-6-4-5-7-22(18)30)24(25(31)32)29(21)14-15-12-17(27)9-10-20(15)28/h4-6,8-13H,7,14H2,1-3H3,(H,31,32). The molecule has 0 saturated heterocycles. The summed E-state index contributed by atoms with van der Waals surface area (Å²) in [6.07, 6.45) is 5.23. The number of hydrogen-bond acceptors (Lipinski definition) is 2. The minimum absolute atomic E-state index is 0.0275. The summed E-state index contributed by atoms with van der Waals surface area (Å²) in [5, 5.41) is 10.7. The highest BCUT2D eigenvalue weighted by molar-refractivity contribution is 6.27. The zero-order chi connectivity index (χ0) is 23.2. The summed E-state index contributed by atoms with van der Waals surface area (Å²) >= 11 is 0. The van der Waals surface area contributed by atoms with Gasteiger partial charge in [0.1, 0.15) is 17.3 Å². The Morgan fingerprint density at radius 2 is 1.88 bits per heavy atom. The van der Waals surface area contributed by atoms with Crippen molar-refractivity contribution in [3.63, 3.8) is 0 Å². The number of allylic oxidation sites excluding steroid dienone is 4. The van der Waals surface area contributed by atoms with Gasteiger partial charge in [0.25, 0.3) is 0 Å². The molecule has 0 amide bonds. The predicted molar refractivity (Wildman–Crippen MR) is 120 cm³/mol. The number of carbonyl (C=O) groups is 2. The number of carboxylic acids is 1. The third kappa shape index (κ3) is 3.77. The van der Waals surface area contributed by atoms with E-state index in [0.717, 1.165) is 23.8 Å². The quantitative estimate of drug-likeness (QED) is 0.557. The molecule has 0 unspecified atom stereocenters. The number of nitrogens with zero attached hydrogens (tertiary/aromatic N) is 1. The van der Waals surface area contributed by atoms with Crippen LogP contribution < -0.4 is 0 Å². The van der Waals surface area contributed by atoms with Gasteiger partial charge in [0.2, 0.25) is 0 Å². The zero-order valence-corrected chi connectivity index (χ0v) is 18.1. The van der Waals surface area contributed by atoms with Crippen LogP contribution in [-0.2, 0) is 16.8 Å². The highest BCUT2D eigenvalue weighted by Crippen LogP contribution is 2.37. The molecular weight excluding hydrogens is 412 g/mol. The number of hydrogen-bond donors (Lipinski definition) is 1. The Morgan fingerprint density at radius 1 is 1.12 bits per heavy atom. The number of aromatic carboxylic acids is 1. The SMILES string of the molecule is CC(C)(C)c1ccc2c(c1)c(C1=CC=CCC1=O)c(C(=O)O)n2Cc1cc(F)ccc1F. The fourth-order valence-corrected chi connectivity index (χ4v) is 4.08. The Labute approximate surface area is 184 Å². The Kier molecular flexibility index (Phi) is 5.33. The molecule has 164 valence electrons. The molecule has 0 aliphatic heterocycles. The third-order valence-corrected chi connectivity index (χ3v) is 5.74. The van der Waals surface area contributed by atoms with Crippen LogP contribution in [0.25, 0.3) is 16.5 Å². The van der Waals surface area contributed by atoms with E-state index < -0.39 is 17.6 Å². The minimum Gasteiger partial charge on any atom is -0.477 e. The summed E-state index contributed by atoms with van der Waals surface area (Å²) in [6.45, 7) is 5.93. The fraction of sp³-hybridized carbons (Fsp3) is 0.231. The van der Waals surface area contributed by atoms with E-state index in [1.54, 1.807) is 24.3 Å². The Balaban J connectivity index is 2.07. The topological polar surface area (TPSA) is 59.3 Å². The highest BCUT2D eigenvalue weighted by atomic mass is 19.1. The zero-order valence-electron chi connectivity index (χ0n) is 18.1. The molecule has 6 heteroatoms. The van der Waals surface area contributed by atoms with Gasteiger partial charge in [0.05, 0.1) is 6.54 Å². The molecule has 4 nitrogen and oxygen atoms in total. The van der Waals surface area contributed by atoms with E-state index in [4.69, 9.17) is 0 Å². The van der Waals surface area contributed by atoms with Gasteiger partial charge in [0, 0.05) is 34.0 Å². The highest BCUT2D eigenvalue weighted by Gasteiger charge is 2.29. The van der Waals surface area contributed by atoms with Gasteiger partial charge in [0.15, 0.2) is 5.78 Å². The molecule has 1 aliphatic rings. The smallest absolute Gasteiger partial charge is 0.353 e. The van der Waals surface area contributed by atoms with Crippen LogP contribution in [0.5, 0.6) is 0 Å². The number of carbonyl (C=O) groups excluding carboxylic acids is 1. The van der Waals surface area contributed by atoms with Crippen molar-refractivity contribution in [1.82, 2.24) is 4.57 Å². The summed E-state index contributed by atoms with van der Waals surface area (Å²) in [7, 11) is 0. The van der Waals surface area contributed by atoms with Crippen LogP contribution in [0.1, 0.15) is 54.4 Å². The maximum Gasteiger partial charge on any atom is 0.353 e. The minimum atomic E-state index is -1.24. The van der Waals surface area contributed by atoms with Crippen LogP contribution in [0, 0.1) is 11.6 Å². The number of rotatable bonds is 4. The lowest BCUT2D eigenvalue weighted by atomic mass is 9.85. The van der Waals surface area contributed by atoms with Crippen LogP contribution in [-0.4, -0.2) is 21.4 Å². The molecule has 0 spiro atoms. The third-order valence-electron chi connectivity index (χ3n) is 5.74. The lowest BCUT2D eigenvalue weighted by molar-refractivity contribution is -0.113. The summed E-state index contributed by atoms with van der Waals surface area (Å²) in [5.41, 5.74) is 1.82. The average Bonchev–Trinajstić information content (AvgIpc) is 3.04. The molecule has 0 radical (unpaired) electrons. The molecule has 0 atom stereocenters. The molecule has 0 bridgehead atoms. The first-order valence-electron chi connectivity index (χ1n) is 10.3. The van der Waals surface area contributed by atoms with Gasteiger partial charge >= 0.3 is 5.97 Å². The molecule has 3 aromatic rings. The van der Waals surface area contributed by atoms with E-state index in [9.17, 15) is 23.5 Å². The number of fused-ring (bicyclic) bond motifs is 1. The van der Waals surface area contributed by atoms with Crippen LogP contribution in [0.2, 0.25) is 0 Å². The molecule has 1 N–H and O–H groups in total. The van der Waals surface area contributed by atoms with Gasteiger partial charge in [-0.2, -0.15) is 0 Å². The van der Waals surface area contributed by atoms with Gasteiger partial charge in [-0.3, -0.25) is 4.79 Å². The summed E-state index contributed by atoms with van der Waals surface area (Å²) in [6, 6.07) is 8.67. The van der Waals surface area contributed by atoms with Crippen molar-refractivity contribution >= 4 is 28.2 Å². The van der Waals surface area contributed by atoms with Gasteiger partial charge in [-0.1, -0.05) is 45.1 Å². The monoisotopic (exact) mass is 435 g/mol. The molecule has 1 aliphatic carbocycles. The number of Topliss-reactive ketones (excluding diaryl/α,β-unsaturated/α-hetero) is 1. The second-order valence-electron chi connectivity index (χ2n) is 8.97. The van der Waals surface area contributed by atoms with Crippen molar-refractivity contribution < 1.29 is 23.5 Å². The van der Waals surface area contributed by atoms with E-state index in [1.807, 2.05) is 32.9 Å². The number of halogens is 2. The summed E-state index contributed by atoms with van der Waals surface area (Å²) < 4.78 is 29.7. The average molecular weight is 435 g/mol. The molecule has 0 saturated carbocycles. The predicted octanol–water partition coefficient (Wildman–Crippen LogP) is 5.88. The van der Waals surface area contributed by atoms with Gasteiger partial charge in [-0.15, -0.1) is 0 Å². The summed E-state index contributed by atoms with van der Waals surface area (Å²) in [5.74, 6) is -2.67. The summed E-state index contributed by atoms with van der Waals surface area (Å²) in [4.78, 5) is 25.2. The van der Waals surface area contributed by atoms with E-state index in [-0.39, 0.29) is 35.4 Å². The molecule has 32 heavy (non-hydrogen) atoms. The van der Waals surface area contributed by atoms with Crippen LogP contribution in [0.15, 0.2) is 54.6 Å². The lowest BCUT2D eigenvalue weighted by Crippen LogP contribution is -2.14. The van der Waals surface area contributed by atoms with Gasteiger partial charge < -0.3 is 9.67 Å². The van der Waals surface area contributed by atoms with Crippen LogP contribution in [0.3, 0.4) is 0 Å². The molecule has 4 rings (SSSR count). The van der Waals surface area contributed by atoms with E-state index in [0.29, 0.717) is 22.0 Å². The van der Waals surface area contributed by atoms with Crippen molar-refractivity contribution in [1.29, 1.82) is 0 Å². The Hall–Kier alpha value is -3.54. The molecule has 2 aromatic carbocycles. The molecule has 0 fully saturated rings. The maximum absolute atomic E-state index is 14.4. The second-order valence-corrected chi connectivity index (χ2v) is 8.97. The Bertz CT molecular complexity index is 1320. The van der Waals surface area contributed by atoms with Gasteiger partial charge in [-0.25, -0.2) is 13.6 Å². The number of aromatic nitrogens is 1. The van der Waals surface area contributed by atoms with Crippen molar-refractivity contribution in [2.45, 2.75) is 39.2 Å². The van der Waals surface area contributed by atoms with Crippen LogP contribution >= 0.6 is 0 Å². The number of benzene rings is 2. The first-order chi connectivity index (χ1) is 15.1. The maximum atomic E-state index is 14.4. The lowest BCUT2D eigenvalue weighted by Gasteiger charge is -2.19. The number of carboxylic acid groups (broad SMARTS) is 1. The molecule has 1 aromatic heterocycles. The fourth-order valence-electron chi connectivity index (χ4n) is 4.08. The normalized spacial score (nSPS) is 14.2. The molecular formula is C26H23F2NO3. The second kappa shape index (κ2) is 7.86. The molecule has 1 heterocycles. The largest absolute Gasteiger partial charge is 0.477 e. The van der Waals surface area contributed by atoms with Crippen LogP contribution in [0.4, 0.5) is 8.78 Å². The Morgan fingerprint density at radius 3 is 2.53 bits per heavy atom. The van der Waals surface area contributed by atoms with E-state index >= 15 is 0 Å². The van der Waals surface area contributed by atoms with Crippen molar-refractivity contribution in [3.05, 3.63) is 88.6 Å².